The van der Waals surface area contributed by atoms with Crippen LogP contribution in [0.4, 0.5) is 0 Å². The number of aromatic nitrogens is 1. The van der Waals surface area contributed by atoms with Crippen LogP contribution in [0, 0.1) is 0 Å². The fraction of sp³-hybridized carbons (Fsp3) is 0.357. The van der Waals surface area contributed by atoms with Crippen molar-refractivity contribution >= 4 is 22.9 Å². The topological polar surface area (TPSA) is 24.9 Å². The highest BCUT2D eigenvalue weighted by Crippen LogP contribution is 2.16. The molecular formula is C14H17ClN2S. The predicted molar refractivity (Wildman–Crippen MR) is 78.4 cm³/mol. The first-order chi connectivity index (χ1) is 8.78. The van der Waals surface area contributed by atoms with Gasteiger partial charge in [0.25, 0.3) is 0 Å². The minimum atomic E-state index is 0.780. The maximum Gasteiger partial charge on any atom is 0.0972 e. The third-order valence-electron chi connectivity index (χ3n) is 2.60. The summed E-state index contributed by atoms with van der Waals surface area (Å²) in [6.07, 6.45) is 2.04. The lowest BCUT2D eigenvalue weighted by atomic mass is 10.2. The lowest BCUT2D eigenvalue weighted by Crippen LogP contribution is -2.13. The van der Waals surface area contributed by atoms with E-state index in [1.165, 1.54) is 5.56 Å². The van der Waals surface area contributed by atoms with Crippen molar-refractivity contribution < 1.29 is 0 Å². The zero-order valence-electron chi connectivity index (χ0n) is 10.4. The van der Waals surface area contributed by atoms with Crippen LogP contribution < -0.4 is 5.32 Å². The predicted octanol–water partition coefficient (Wildman–Crippen LogP) is 3.89. The fourth-order valence-electron chi connectivity index (χ4n) is 1.68. The van der Waals surface area contributed by atoms with Crippen molar-refractivity contribution in [3.05, 3.63) is 50.9 Å². The van der Waals surface area contributed by atoms with Gasteiger partial charge >= 0.3 is 0 Å². The van der Waals surface area contributed by atoms with Gasteiger partial charge in [0, 0.05) is 23.4 Å². The number of benzene rings is 1. The Kier molecular flexibility index (Phi) is 5.17. The molecule has 0 aliphatic heterocycles. The molecule has 0 bridgehead atoms. The molecule has 2 aromatic rings. The first-order valence-corrected chi connectivity index (χ1v) is 7.42. The van der Waals surface area contributed by atoms with Crippen LogP contribution in [0.1, 0.15) is 29.6 Å². The molecule has 0 atom stereocenters. The zero-order chi connectivity index (χ0) is 12.8. The molecule has 0 spiro atoms. The van der Waals surface area contributed by atoms with Crippen LogP contribution in [0.2, 0.25) is 5.02 Å². The van der Waals surface area contributed by atoms with Crippen LogP contribution in [0.15, 0.2) is 29.6 Å². The summed E-state index contributed by atoms with van der Waals surface area (Å²) in [4.78, 5) is 4.62. The Bertz CT molecular complexity index is 479. The van der Waals surface area contributed by atoms with E-state index in [0.717, 1.165) is 41.7 Å². The van der Waals surface area contributed by atoms with E-state index < -0.39 is 0 Å². The molecule has 0 aliphatic rings. The molecule has 4 heteroatoms. The summed E-state index contributed by atoms with van der Waals surface area (Å²) >= 11 is 7.59. The molecule has 0 saturated carbocycles. The Hall–Kier alpha value is -0.900. The average molecular weight is 281 g/mol. The SMILES string of the molecule is CCCNCc1csc(Cc2ccc(Cl)cc2)n1. The molecule has 1 aromatic carbocycles. The molecular weight excluding hydrogens is 264 g/mol. The van der Waals surface area contributed by atoms with Gasteiger partial charge in [0.15, 0.2) is 0 Å². The molecule has 0 radical (unpaired) electrons. The van der Waals surface area contributed by atoms with Crippen molar-refractivity contribution in [2.24, 2.45) is 0 Å². The summed E-state index contributed by atoms with van der Waals surface area (Å²) in [7, 11) is 0. The van der Waals surface area contributed by atoms with Gasteiger partial charge in [-0.25, -0.2) is 4.98 Å². The molecule has 18 heavy (non-hydrogen) atoms. The highest BCUT2D eigenvalue weighted by Gasteiger charge is 2.03. The van der Waals surface area contributed by atoms with Crippen LogP contribution in [-0.2, 0) is 13.0 Å². The van der Waals surface area contributed by atoms with Gasteiger partial charge in [0.2, 0.25) is 0 Å². The second kappa shape index (κ2) is 6.88. The molecule has 0 fully saturated rings. The van der Waals surface area contributed by atoms with E-state index >= 15 is 0 Å². The third kappa shape index (κ3) is 4.09. The average Bonchev–Trinajstić information content (AvgIpc) is 2.80. The minimum absolute atomic E-state index is 0.780. The number of rotatable bonds is 6. The van der Waals surface area contributed by atoms with E-state index in [-0.39, 0.29) is 0 Å². The van der Waals surface area contributed by atoms with Crippen LogP contribution in [-0.4, -0.2) is 11.5 Å². The summed E-state index contributed by atoms with van der Waals surface area (Å²) in [6.45, 7) is 4.08. The van der Waals surface area contributed by atoms with Crippen molar-refractivity contribution in [1.29, 1.82) is 0 Å². The van der Waals surface area contributed by atoms with Crippen LogP contribution in [0.5, 0.6) is 0 Å². The van der Waals surface area contributed by atoms with E-state index in [1.807, 2.05) is 12.1 Å². The van der Waals surface area contributed by atoms with E-state index in [9.17, 15) is 0 Å². The number of nitrogens with zero attached hydrogens (tertiary/aromatic N) is 1. The van der Waals surface area contributed by atoms with Crippen LogP contribution in [0.25, 0.3) is 0 Å². The maximum atomic E-state index is 5.87. The number of nitrogens with one attached hydrogen (secondary N) is 1. The molecule has 1 N–H and O–H groups in total. The highest BCUT2D eigenvalue weighted by molar-refractivity contribution is 7.09. The lowest BCUT2D eigenvalue weighted by molar-refractivity contribution is 0.665. The second-order valence-corrected chi connectivity index (χ2v) is 5.59. The Labute approximate surface area is 117 Å². The van der Waals surface area contributed by atoms with E-state index in [4.69, 9.17) is 11.6 Å². The fourth-order valence-corrected chi connectivity index (χ4v) is 2.64. The molecule has 0 unspecified atom stereocenters. The van der Waals surface area contributed by atoms with Crippen LogP contribution in [0.3, 0.4) is 0 Å². The molecule has 96 valence electrons. The first kappa shape index (κ1) is 13.5. The van der Waals surface area contributed by atoms with Gasteiger partial charge in [-0.1, -0.05) is 30.7 Å². The van der Waals surface area contributed by atoms with Crippen molar-refractivity contribution in [2.45, 2.75) is 26.3 Å². The normalized spacial score (nSPS) is 10.8. The van der Waals surface area contributed by atoms with E-state index in [1.54, 1.807) is 11.3 Å². The lowest BCUT2D eigenvalue weighted by Gasteiger charge is -1.99. The van der Waals surface area contributed by atoms with Gasteiger partial charge in [-0.05, 0) is 30.7 Å². The number of hydrogen-bond donors (Lipinski definition) is 1. The van der Waals surface area contributed by atoms with Gasteiger partial charge in [-0.15, -0.1) is 11.3 Å². The smallest absolute Gasteiger partial charge is 0.0972 e. The first-order valence-electron chi connectivity index (χ1n) is 6.16. The highest BCUT2D eigenvalue weighted by atomic mass is 35.5. The summed E-state index contributed by atoms with van der Waals surface area (Å²) in [6, 6.07) is 7.96. The molecule has 0 saturated heterocycles. The van der Waals surface area contributed by atoms with Gasteiger partial charge in [-0.3, -0.25) is 0 Å². The largest absolute Gasteiger partial charge is 0.311 e. The summed E-state index contributed by atoms with van der Waals surface area (Å²) < 4.78 is 0. The Morgan fingerprint density at radius 3 is 2.78 bits per heavy atom. The Balaban J connectivity index is 1.91. The van der Waals surface area contributed by atoms with E-state index in [0.29, 0.717) is 0 Å². The Morgan fingerprint density at radius 2 is 2.06 bits per heavy atom. The van der Waals surface area contributed by atoms with Crippen molar-refractivity contribution in [1.82, 2.24) is 10.3 Å². The quantitative estimate of drug-likeness (QED) is 0.812. The molecule has 0 amide bonds. The number of hydrogen-bond acceptors (Lipinski definition) is 3. The second-order valence-electron chi connectivity index (χ2n) is 4.21. The molecule has 2 nitrogen and oxygen atoms in total. The van der Waals surface area contributed by atoms with Crippen molar-refractivity contribution in [3.63, 3.8) is 0 Å². The molecule has 1 aromatic heterocycles. The van der Waals surface area contributed by atoms with Gasteiger partial charge < -0.3 is 5.32 Å². The van der Waals surface area contributed by atoms with Crippen molar-refractivity contribution in [2.75, 3.05) is 6.54 Å². The van der Waals surface area contributed by atoms with Crippen LogP contribution >= 0.6 is 22.9 Å². The third-order valence-corrected chi connectivity index (χ3v) is 3.75. The van der Waals surface area contributed by atoms with E-state index in [2.05, 4.69) is 34.7 Å². The standard InChI is InChI=1S/C14H17ClN2S/c1-2-7-16-9-13-10-18-14(17-13)8-11-3-5-12(15)6-4-11/h3-6,10,16H,2,7-9H2,1H3. The van der Waals surface area contributed by atoms with Gasteiger partial charge in [-0.2, -0.15) is 0 Å². The summed E-state index contributed by atoms with van der Waals surface area (Å²) in [5.41, 5.74) is 2.39. The summed E-state index contributed by atoms with van der Waals surface area (Å²) in [5.74, 6) is 0. The van der Waals surface area contributed by atoms with Gasteiger partial charge in [0.05, 0.1) is 10.7 Å². The molecule has 2 rings (SSSR count). The number of thiazole rings is 1. The minimum Gasteiger partial charge on any atom is -0.311 e. The molecule has 0 aliphatic carbocycles. The summed E-state index contributed by atoms with van der Waals surface area (Å²) in [5, 5.41) is 7.43. The van der Waals surface area contributed by atoms with Crippen molar-refractivity contribution in [3.8, 4) is 0 Å². The Morgan fingerprint density at radius 1 is 1.28 bits per heavy atom. The number of halogens is 1. The maximum absolute atomic E-state index is 5.87. The zero-order valence-corrected chi connectivity index (χ0v) is 12.0. The van der Waals surface area contributed by atoms with Gasteiger partial charge in [0.1, 0.15) is 0 Å². The monoisotopic (exact) mass is 280 g/mol. The molecule has 1 heterocycles.